The topological polar surface area (TPSA) is 121 Å². The highest BCUT2D eigenvalue weighted by Crippen LogP contribution is 2.34. The largest absolute Gasteiger partial charge is 0.374 e. The molecule has 12 heteroatoms. The molecular formula is C57H63NO11. The van der Waals surface area contributed by atoms with Crippen LogP contribution in [0.1, 0.15) is 40.3 Å². The van der Waals surface area contributed by atoms with Gasteiger partial charge in [0.25, 0.3) is 0 Å². The molecule has 2 fully saturated rings. The second kappa shape index (κ2) is 26.4. The number of nitrogens with one attached hydrogen (secondary N) is 1. The molecule has 1 amide bonds. The minimum absolute atomic E-state index is 0.0603. The van der Waals surface area contributed by atoms with Crippen LogP contribution in [0.4, 0.5) is 0 Å². The van der Waals surface area contributed by atoms with E-state index in [0.717, 1.165) is 33.4 Å². The van der Waals surface area contributed by atoms with E-state index in [-0.39, 0.29) is 52.2 Å². The molecule has 2 aliphatic heterocycles. The lowest BCUT2D eigenvalue weighted by Gasteiger charge is -2.48. The van der Waals surface area contributed by atoms with Gasteiger partial charge in [-0.25, -0.2) is 0 Å². The van der Waals surface area contributed by atoms with Gasteiger partial charge in [-0.1, -0.05) is 182 Å². The molecule has 0 aromatic heterocycles. The fourth-order valence-corrected chi connectivity index (χ4v) is 8.63. The van der Waals surface area contributed by atoms with Crippen LogP contribution in [-0.4, -0.2) is 87.6 Å². The molecule has 0 radical (unpaired) electrons. The van der Waals surface area contributed by atoms with Gasteiger partial charge in [0.2, 0.25) is 5.91 Å². The van der Waals surface area contributed by atoms with Gasteiger partial charge in [0.15, 0.2) is 12.6 Å². The third-order valence-corrected chi connectivity index (χ3v) is 12.1. The quantitative estimate of drug-likeness (QED) is 0.0628. The van der Waals surface area contributed by atoms with Crippen LogP contribution in [0.3, 0.4) is 0 Å². The van der Waals surface area contributed by atoms with E-state index in [0.29, 0.717) is 6.61 Å². The number of carbonyl (C=O) groups excluding carboxylic acids is 1. The molecule has 0 bridgehead atoms. The maximum atomic E-state index is 13.2. The number of amides is 1. The Hall–Kier alpha value is -5.61. The van der Waals surface area contributed by atoms with Crippen LogP contribution in [0.5, 0.6) is 0 Å². The van der Waals surface area contributed by atoms with Gasteiger partial charge in [0.1, 0.15) is 48.8 Å². The van der Waals surface area contributed by atoms with E-state index in [1.807, 2.05) is 182 Å². The van der Waals surface area contributed by atoms with E-state index >= 15 is 0 Å². The van der Waals surface area contributed by atoms with Gasteiger partial charge >= 0.3 is 0 Å². The maximum absolute atomic E-state index is 13.2. The van der Waals surface area contributed by atoms with Crippen molar-refractivity contribution in [1.82, 2.24) is 5.32 Å². The average molecular weight is 938 g/mol. The first-order valence-corrected chi connectivity index (χ1v) is 23.6. The second-order valence-electron chi connectivity index (χ2n) is 17.2. The van der Waals surface area contributed by atoms with Crippen molar-refractivity contribution in [3.05, 3.63) is 215 Å². The summed E-state index contributed by atoms with van der Waals surface area (Å²) in [5, 5.41) is 3.12. The highest BCUT2D eigenvalue weighted by atomic mass is 16.7. The highest BCUT2D eigenvalue weighted by Gasteiger charge is 2.52. The molecule has 2 heterocycles. The van der Waals surface area contributed by atoms with Crippen molar-refractivity contribution in [1.29, 1.82) is 0 Å². The lowest BCUT2D eigenvalue weighted by molar-refractivity contribution is -0.337. The Labute approximate surface area is 405 Å². The summed E-state index contributed by atoms with van der Waals surface area (Å²) < 4.78 is 67.1. The summed E-state index contributed by atoms with van der Waals surface area (Å²) in [6.07, 6.45) is -7.02. The molecule has 6 aromatic rings. The van der Waals surface area contributed by atoms with Crippen LogP contribution >= 0.6 is 0 Å². The highest BCUT2D eigenvalue weighted by molar-refractivity contribution is 5.73. The van der Waals surface area contributed by atoms with Crippen LogP contribution in [0.25, 0.3) is 0 Å². The molecule has 2 saturated heterocycles. The van der Waals surface area contributed by atoms with E-state index < -0.39 is 61.3 Å². The van der Waals surface area contributed by atoms with Crippen molar-refractivity contribution >= 4 is 5.91 Å². The first kappa shape index (κ1) is 49.8. The molecule has 8 rings (SSSR count). The zero-order valence-corrected chi connectivity index (χ0v) is 39.2. The standard InChI is InChI=1S/C57H63NO11/c1-41(59)58-50-53(64-36-45-27-15-6-16-28-45)51(62-34-43-23-11-4-12-24-43)48(39-61-33-42-21-9-3-10-22-42)68-56(50)67-40-49-52(63-35-44-25-13-5-14-26-44)54(65-37-46-29-17-7-18-30-46)55(57(60-2)69-49)66-38-47-31-19-8-20-32-47/h3-32,48-57H,33-40H2,1-2H3,(H,58,59)/t48-,49-,50-,51-,52-,53-,54+,55-,56+,57+/m1/s1. The van der Waals surface area contributed by atoms with Gasteiger partial charge in [0, 0.05) is 14.0 Å². The van der Waals surface area contributed by atoms with Crippen molar-refractivity contribution in [2.75, 3.05) is 20.3 Å². The first-order chi connectivity index (χ1) is 34.0. The van der Waals surface area contributed by atoms with Gasteiger partial charge < -0.3 is 52.7 Å². The van der Waals surface area contributed by atoms with Crippen LogP contribution in [0.15, 0.2) is 182 Å². The van der Waals surface area contributed by atoms with Crippen LogP contribution in [-0.2, 0) is 91.8 Å². The van der Waals surface area contributed by atoms with Crippen LogP contribution in [0, 0.1) is 0 Å². The van der Waals surface area contributed by atoms with Crippen molar-refractivity contribution < 1.29 is 52.2 Å². The smallest absolute Gasteiger partial charge is 0.217 e. The van der Waals surface area contributed by atoms with Crippen molar-refractivity contribution in [3.63, 3.8) is 0 Å². The molecule has 362 valence electrons. The summed E-state index contributed by atoms with van der Waals surface area (Å²) in [4.78, 5) is 13.2. The van der Waals surface area contributed by atoms with Crippen molar-refractivity contribution in [3.8, 4) is 0 Å². The summed E-state index contributed by atoms with van der Waals surface area (Å²) in [5.74, 6) is -0.295. The molecule has 0 aliphatic carbocycles. The zero-order chi connectivity index (χ0) is 47.5. The van der Waals surface area contributed by atoms with Gasteiger partial charge in [-0.3, -0.25) is 4.79 Å². The molecule has 10 atom stereocenters. The van der Waals surface area contributed by atoms with Crippen LogP contribution < -0.4 is 5.32 Å². The average Bonchev–Trinajstić information content (AvgIpc) is 3.39. The van der Waals surface area contributed by atoms with Gasteiger partial charge in [-0.15, -0.1) is 0 Å². The van der Waals surface area contributed by atoms with E-state index in [1.165, 1.54) is 6.92 Å². The molecule has 1 N–H and O–H groups in total. The van der Waals surface area contributed by atoms with E-state index in [4.69, 9.17) is 47.4 Å². The summed E-state index contributed by atoms with van der Waals surface area (Å²) in [7, 11) is 1.59. The van der Waals surface area contributed by atoms with Crippen molar-refractivity contribution in [2.24, 2.45) is 0 Å². The fourth-order valence-electron chi connectivity index (χ4n) is 8.63. The number of hydrogen-bond acceptors (Lipinski definition) is 11. The minimum atomic E-state index is -1.06. The number of methoxy groups -OCH3 is 1. The SMILES string of the molecule is CO[C@H]1O[C@H](CO[C@H]2O[C@H](COCc3ccccc3)[C@@H](OCc3ccccc3)[C@H](OCc3ccccc3)[C@H]2NC(C)=O)[C@@H](OCc2ccccc2)[C@H](OCc2ccccc2)[C@H]1OCc1ccccc1. The molecule has 2 aliphatic rings. The Morgan fingerprint density at radius 1 is 0.406 bits per heavy atom. The second-order valence-corrected chi connectivity index (χ2v) is 17.2. The molecule has 0 unspecified atom stereocenters. The normalized spacial score (nSPS) is 24.7. The molecule has 0 saturated carbocycles. The number of hydrogen-bond donors (Lipinski definition) is 1. The molecule has 0 spiro atoms. The third kappa shape index (κ3) is 14.7. The molecule has 6 aromatic carbocycles. The van der Waals surface area contributed by atoms with E-state index in [1.54, 1.807) is 7.11 Å². The van der Waals surface area contributed by atoms with Gasteiger partial charge in [-0.2, -0.15) is 0 Å². The summed E-state index contributed by atoms with van der Waals surface area (Å²) >= 11 is 0. The van der Waals surface area contributed by atoms with Gasteiger partial charge in [0.05, 0.1) is 52.9 Å². The number of rotatable bonds is 24. The third-order valence-electron chi connectivity index (χ3n) is 12.1. The number of ether oxygens (including phenoxy) is 10. The molecular weight excluding hydrogens is 875 g/mol. The molecule has 69 heavy (non-hydrogen) atoms. The number of carbonyl (C=O) groups is 1. The summed E-state index contributed by atoms with van der Waals surface area (Å²) in [6.45, 7) is 3.19. The number of benzene rings is 6. The van der Waals surface area contributed by atoms with Crippen LogP contribution in [0.2, 0.25) is 0 Å². The maximum Gasteiger partial charge on any atom is 0.217 e. The predicted octanol–water partition coefficient (Wildman–Crippen LogP) is 8.75. The Morgan fingerprint density at radius 2 is 0.739 bits per heavy atom. The summed E-state index contributed by atoms with van der Waals surface area (Å²) in [6, 6.07) is 58.7. The Morgan fingerprint density at radius 3 is 1.14 bits per heavy atom. The lowest BCUT2D eigenvalue weighted by Crippen LogP contribution is -2.67. The van der Waals surface area contributed by atoms with E-state index in [2.05, 4.69) is 5.32 Å². The lowest BCUT2D eigenvalue weighted by atomic mass is 9.95. The first-order valence-electron chi connectivity index (χ1n) is 23.6. The predicted molar refractivity (Wildman–Crippen MR) is 259 cm³/mol. The summed E-state index contributed by atoms with van der Waals surface area (Å²) in [5.41, 5.74) is 5.86. The monoisotopic (exact) mass is 937 g/mol. The van der Waals surface area contributed by atoms with E-state index in [9.17, 15) is 4.79 Å². The Bertz CT molecular complexity index is 2350. The van der Waals surface area contributed by atoms with Crippen molar-refractivity contribution in [2.45, 2.75) is 108 Å². The minimum Gasteiger partial charge on any atom is -0.374 e. The van der Waals surface area contributed by atoms with Gasteiger partial charge in [-0.05, 0) is 33.4 Å². The molecule has 12 nitrogen and oxygen atoms in total. The Kier molecular flexibility index (Phi) is 19.0. The fraction of sp³-hybridized carbons (Fsp3) is 0.351. The Balaban J connectivity index is 1.11. The zero-order valence-electron chi connectivity index (χ0n) is 39.2.